The van der Waals surface area contributed by atoms with E-state index in [0.717, 1.165) is 34.9 Å². The van der Waals surface area contributed by atoms with E-state index in [-0.39, 0.29) is 16.5 Å². The number of nitrogens with one attached hydrogen (secondary N) is 1. The Morgan fingerprint density at radius 3 is 2.68 bits per heavy atom. The molecule has 4 rings (SSSR count). The SMILES string of the molecule is FC(F)(F)c1cccc(Oc2ccc(Nc3ncnc4ccn(CC[As])c34)cc2Cl)c1. The average Bonchev–Trinajstić information content (AvgIpc) is 3.14. The third-order valence-corrected chi connectivity index (χ3v) is 5.19. The van der Waals surface area contributed by atoms with E-state index in [2.05, 4.69) is 36.7 Å². The van der Waals surface area contributed by atoms with Crippen LogP contribution in [-0.2, 0) is 12.7 Å². The summed E-state index contributed by atoms with van der Waals surface area (Å²) in [6.07, 6.45) is -1.02. The maximum atomic E-state index is 12.9. The number of aryl methyl sites for hydroxylation is 1. The van der Waals surface area contributed by atoms with Crippen molar-refractivity contribution in [2.24, 2.45) is 0 Å². The normalized spacial score (nSPS) is 11.6. The van der Waals surface area contributed by atoms with Gasteiger partial charge in [0, 0.05) is 0 Å². The van der Waals surface area contributed by atoms with Gasteiger partial charge in [-0.2, -0.15) is 13.2 Å². The minimum atomic E-state index is -4.45. The molecule has 0 aliphatic carbocycles. The van der Waals surface area contributed by atoms with Crippen molar-refractivity contribution in [1.82, 2.24) is 14.5 Å². The van der Waals surface area contributed by atoms with Crippen LogP contribution in [0.3, 0.4) is 0 Å². The minimum Gasteiger partial charge on any atom is -0.00708 e. The number of aromatic nitrogens is 3. The summed E-state index contributed by atoms with van der Waals surface area (Å²) in [5.74, 6) is 0.913. The van der Waals surface area contributed by atoms with Crippen molar-refractivity contribution >= 4 is 51.0 Å². The summed E-state index contributed by atoms with van der Waals surface area (Å²) < 4.78 is 46.3. The largest absolute Gasteiger partial charge is 0.00708 e. The van der Waals surface area contributed by atoms with E-state index < -0.39 is 11.7 Å². The Bertz CT molecular complexity index is 1230. The third kappa shape index (κ3) is 4.81. The van der Waals surface area contributed by atoms with Gasteiger partial charge in [-0.3, -0.25) is 0 Å². The molecule has 0 saturated carbocycles. The number of rotatable bonds is 6. The Kier molecular flexibility index (Phi) is 6.12. The van der Waals surface area contributed by atoms with Gasteiger partial charge >= 0.3 is 147 Å². The van der Waals surface area contributed by atoms with Crippen LogP contribution in [0.1, 0.15) is 5.56 Å². The number of nitrogens with zero attached hydrogens (tertiary/aromatic N) is 3. The van der Waals surface area contributed by atoms with E-state index in [1.54, 1.807) is 18.2 Å². The number of benzene rings is 2. The first kappa shape index (κ1) is 21.5. The van der Waals surface area contributed by atoms with Crippen molar-refractivity contribution in [2.75, 3.05) is 5.32 Å². The zero-order valence-corrected chi connectivity index (χ0v) is 18.5. The molecule has 2 heterocycles. The topological polar surface area (TPSA) is 52.0 Å². The van der Waals surface area contributed by atoms with Gasteiger partial charge in [-0.15, -0.1) is 0 Å². The Labute approximate surface area is 189 Å². The number of alkyl halides is 3. The third-order valence-electron chi connectivity index (χ3n) is 4.47. The number of fused-ring (bicyclic) bond motifs is 1. The van der Waals surface area contributed by atoms with Crippen molar-refractivity contribution in [2.45, 2.75) is 17.9 Å². The molecule has 1 N–H and O–H groups in total. The van der Waals surface area contributed by atoms with Gasteiger partial charge in [0.25, 0.3) is 0 Å². The van der Waals surface area contributed by atoms with Gasteiger partial charge in [-0.05, 0) is 18.2 Å². The van der Waals surface area contributed by atoms with Gasteiger partial charge in [-0.1, -0.05) is 6.07 Å². The number of anilines is 2. The molecular weight excluding hydrogens is 492 g/mol. The average molecular weight is 507 g/mol. The molecule has 5 nitrogen and oxygen atoms in total. The van der Waals surface area contributed by atoms with Crippen molar-refractivity contribution in [1.29, 1.82) is 0 Å². The zero-order chi connectivity index (χ0) is 22.0. The summed E-state index contributed by atoms with van der Waals surface area (Å²) in [7, 11) is 0. The van der Waals surface area contributed by atoms with Crippen LogP contribution in [0.25, 0.3) is 11.0 Å². The molecule has 0 unspecified atom stereocenters. The summed E-state index contributed by atoms with van der Waals surface area (Å²) in [5, 5.41) is 4.37. The summed E-state index contributed by atoms with van der Waals surface area (Å²) >= 11 is 8.86. The monoisotopic (exact) mass is 506 g/mol. The maximum Gasteiger partial charge on any atom is -0.00708 e. The zero-order valence-electron chi connectivity index (χ0n) is 15.9. The van der Waals surface area contributed by atoms with Gasteiger partial charge in [0.1, 0.15) is 0 Å². The molecular formula is C21H15AsClF3N4O. The van der Waals surface area contributed by atoms with Crippen LogP contribution in [0.2, 0.25) is 10.2 Å². The Hall–Kier alpha value is -2.70. The van der Waals surface area contributed by atoms with Gasteiger partial charge in [0.2, 0.25) is 0 Å². The van der Waals surface area contributed by atoms with Crippen LogP contribution < -0.4 is 10.1 Å². The molecule has 2 aromatic carbocycles. The summed E-state index contributed by atoms with van der Waals surface area (Å²) in [6.45, 7) is 0.802. The fraction of sp³-hybridized carbons (Fsp3) is 0.143. The Balaban J connectivity index is 1.58. The molecule has 158 valence electrons. The van der Waals surface area contributed by atoms with E-state index in [1.807, 2.05) is 12.3 Å². The first-order chi connectivity index (χ1) is 14.8. The van der Waals surface area contributed by atoms with Gasteiger partial charge in [-0.25, -0.2) is 0 Å². The molecule has 31 heavy (non-hydrogen) atoms. The molecule has 4 aromatic rings. The second-order valence-corrected chi connectivity index (χ2v) is 7.93. The fourth-order valence-electron chi connectivity index (χ4n) is 3.08. The quantitative estimate of drug-likeness (QED) is 0.315. The molecule has 2 aromatic heterocycles. The van der Waals surface area contributed by atoms with Crippen molar-refractivity contribution in [3.63, 3.8) is 0 Å². The minimum absolute atomic E-state index is 0.0470. The molecule has 0 aliphatic heterocycles. The number of halogens is 4. The molecule has 0 amide bonds. The van der Waals surface area contributed by atoms with Crippen LogP contribution >= 0.6 is 11.6 Å². The maximum absolute atomic E-state index is 12.9. The van der Waals surface area contributed by atoms with E-state index >= 15 is 0 Å². The van der Waals surface area contributed by atoms with Crippen molar-refractivity contribution < 1.29 is 17.9 Å². The summed E-state index contributed by atoms with van der Waals surface area (Å²) in [5.41, 5.74) is 1.55. The molecule has 2 radical (unpaired) electrons. The van der Waals surface area contributed by atoms with E-state index in [1.165, 1.54) is 18.5 Å². The number of hydrogen-bond donors (Lipinski definition) is 1. The van der Waals surface area contributed by atoms with Crippen LogP contribution in [0.5, 0.6) is 11.5 Å². The van der Waals surface area contributed by atoms with Crippen LogP contribution in [-0.4, -0.2) is 31.4 Å². The molecule has 10 heteroatoms. The van der Waals surface area contributed by atoms with E-state index in [4.69, 9.17) is 16.3 Å². The van der Waals surface area contributed by atoms with Crippen molar-refractivity contribution in [3.05, 3.63) is 71.6 Å². The van der Waals surface area contributed by atoms with Crippen LogP contribution in [0.15, 0.2) is 61.1 Å². The van der Waals surface area contributed by atoms with E-state index in [0.29, 0.717) is 11.5 Å². The molecule has 0 spiro atoms. The second-order valence-electron chi connectivity index (χ2n) is 6.59. The van der Waals surface area contributed by atoms with E-state index in [9.17, 15) is 13.2 Å². The summed E-state index contributed by atoms with van der Waals surface area (Å²) in [6, 6.07) is 11.5. The Morgan fingerprint density at radius 1 is 1.10 bits per heavy atom. The van der Waals surface area contributed by atoms with Crippen LogP contribution in [0.4, 0.5) is 24.7 Å². The first-order valence-corrected chi connectivity index (χ1v) is 10.9. The first-order valence-electron chi connectivity index (χ1n) is 9.17. The smallest absolute Gasteiger partial charge is 0.00708 e. The Morgan fingerprint density at radius 2 is 1.94 bits per heavy atom. The van der Waals surface area contributed by atoms with Gasteiger partial charge in [0.05, 0.1) is 5.56 Å². The second kappa shape index (κ2) is 8.81. The summed E-state index contributed by atoms with van der Waals surface area (Å²) in [4.78, 5) is 8.63. The van der Waals surface area contributed by atoms with Crippen molar-refractivity contribution in [3.8, 4) is 11.5 Å². The van der Waals surface area contributed by atoms with Gasteiger partial charge < -0.3 is 0 Å². The molecule has 0 saturated heterocycles. The number of hydrogen-bond acceptors (Lipinski definition) is 4. The predicted octanol–water partition coefficient (Wildman–Crippen LogP) is 6.23. The molecule has 0 aliphatic rings. The fourth-order valence-corrected chi connectivity index (χ4v) is 3.75. The van der Waals surface area contributed by atoms with Gasteiger partial charge in [0.15, 0.2) is 0 Å². The molecule has 0 fully saturated rings. The van der Waals surface area contributed by atoms with Crippen LogP contribution in [0, 0.1) is 0 Å². The predicted molar refractivity (Wildman–Crippen MR) is 114 cm³/mol. The number of ether oxygens (including phenoxy) is 1. The molecule has 0 bridgehead atoms. The molecule has 0 atom stereocenters. The standard InChI is InChI=1S/C21H15AsClF3N4O/c22-7-9-30-8-6-17-19(30)20(28-12-27-17)29-14-4-5-18(16(23)11-14)31-15-3-1-2-13(10-15)21(24,25)26/h1-6,8,10-12H,7,9H2,(H,27,28,29).